The number of benzene rings is 2. The smallest absolute Gasteiger partial charge is 0.160 e. The molecule has 0 saturated carbocycles. The van der Waals surface area contributed by atoms with Crippen molar-refractivity contribution in [3.63, 3.8) is 0 Å². The van der Waals surface area contributed by atoms with Gasteiger partial charge in [-0.15, -0.1) is 0 Å². The largest absolute Gasteiger partial charge is 0.497 e. The molecular weight excluding hydrogens is 420 g/mol. The van der Waals surface area contributed by atoms with Crippen LogP contribution in [0, 0.1) is 19.8 Å². The summed E-state index contributed by atoms with van der Waals surface area (Å²) in [4.78, 5) is 0. The molecule has 0 aliphatic rings. The molecule has 6 heteroatoms. The van der Waals surface area contributed by atoms with Crippen LogP contribution in [-0.2, 0) is 9.47 Å². The lowest BCUT2D eigenvalue weighted by atomic mass is 10.0. The zero-order valence-corrected chi connectivity index (χ0v) is 22.0. The molecule has 6 nitrogen and oxygen atoms in total. The van der Waals surface area contributed by atoms with E-state index in [0.717, 1.165) is 47.7 Å². The second kappa shape index (κ2) is 19.1. The number of hydrogen-bond donors (Lipinski definition) is 0. The third-order valence-electron chi connectivity index (χ3n) is 5.00. The Morgan fingerprint density at radius 1 is 0.636 bits per heavy atom. The first-order valence-corrected chi connectivity index (χ1v) is 11.2. The lowest BCUT2D eigenvalue weighted by Gasteiger charge is -2.09. The molecule has 188 valence electrons. The van der Waals surface area contributed by atoms with Crippen LogP contribution in [0.2, 0.25) is 0 Å². The number of rotatable bonds is 11. The van der Waals surface area contributed by atoms with Gasteiger partial charge in [0.2, 0.25) is 0 Å². The quantitative estimate of drug-likeness (QED) is 0.374. The van der Waals surface area contributed by atoms with Gasteiger partial charge in [0.05, 0.1) is 28.4 Å². The van der Waals surface area contributed by atoms with Crippen LogP contribution in [0.5, 0.6) is 23.0 Å². The molecule has 2 aromatic carbocycles. The third-order valence-corrected chi connectivity index (χ3v) is 5.00. The van der Waals surface area contributed by atoms with Gasteiger partial charge in [0.1, 0.15) is 11.5 Å². The Hall–Kier alpha value is -2.44. The average molecular weight is 465 g/mol. The van der Waals surface area contributed by atoms with Crippen molar-refractivity contribution in [2.24, 2.45) is 5.92 Å². The second-order valence-electron chi connectivity index (χ2n) is 7.72. The predicted molar refractivity (Wildman–Crippen MR) is 135 cm³/mol. The molecule has 33 heavy (non-hydrogen) atoms. The lowest BCUT2D eigenvalue weighted by Crippen LogP contribution is -2.01. The summed E-state index contributed by atoms with van der Waals surface area (Å²) in [5.74, 6) is 4.09. The van der Waals surface area contributed by atoms with Gasteiger partial charge < -0.3 is 28.4 Å². The van der Waals surface area contributed by atoms with Crippen LogP contribution in [0.25, 0.3) is 0 Å². The van der Waals surface area contributed by atoms with Gasteiger partial charge in [0.15, 0.2) is 11.5 Å². The molecule has 0 fully saturated rings. The van der Waals surface area contributed by atoms with Crippen molar-refractivity contribution in [1.29, 1.82) is 0 Å². The summed E-state index contributed by atoms with van der Waals surface area (Å²) in [7, 11) is 10.1. The Morgan fingerprint density at radius 2 is 1.24 bits per heavy atom. The number of methoxy groups -OCH3 is 6. The molecule has 2 rings (SSSR count). The molecule has 1 atom stereocenters. The van der Waals surface area contributed by atoms with Crippen molar-refractivity contribution in [3.8, 4) is 23.0 Å². The Morgan fingerprint density at radius 3 is 1.76 bits per heavy atom. The molecule has 0 amide bonds. The minimum atomic E-state index is 0.769. The highest BCUT2D eigenvalue weighted by Gasteiger charge is 2.01. The van der Waals surface area contributed by atoms with E-state index in [4.69, 9.17) is 28.4 Å². The number of hydrogen-bond acceptors (Lipinski definition) is 6. The fraction of sp³-hybridized carbons (Fsp3) is 0.556. The number of aryl methyl sites for hydroxylation is 2. The van der Waals surface area contributed by atoms with Crippen LogP contribution >= 0.6 is 0 Å². The van der Waals surface area contributed by atoms with Gasteiger partial charge in [0, 0.05) is 27.4 Å². The van der Waals surface area contributed by atoms with Gasteiger partial charge in [-0.2, -0.15) is 0 Å². The molecule has 1 unspecified atom stereocenters. The summed E-state index contributed by atoms with van der Waals surface area (Å²) < 4.78 is 30.2. The normalized spacial score (nSPS) is 10.7. The molecule has 0 N–H and O–H groups in total. The third kappa shape index (κ3) is 13.6. The summed E-state index contributed by atoms with van der Waals surface area (Å²) in [6.07, 6.45) is 3.58. The fourth-order valence-electron chi connectivity index (χ4n) is 2.96. The van der Waals surface area contributed by atoms with E-state index in [1.807, 2.05) is 50.2 Å². The van der Waals surface area contributed by atoms with Crippen LogP contribution in [0.4, 0.5) is 0 Å². The van der Waals surface area contributed by atoms with Crippen molar-refractivity contribution in [2.45, 2.75) is 40.0 Å². The Kier molecular flexibility index (Phi) is 17.7. The summed E-state index contributed by atoms with van der Waals surface area (Å²) in [5, 5.41) is 0. The van der Waals surface area contributed by atoms with Crippen molar-refractivity contribution >= 4 is 0 Å². The summed E-state index contributed by atoms with van der Waals surface area (Å²) >= 11 is 0. The van der Waals surface area contributed by atoms with Gasteiger partial charge in [0.25, 0.3) is 0 Å². The fourth-order valence-corrected chi connectivity index (χ4v) is 2.96. The summed E-state index contributed by atoms with van der Waals surface area (Å²) in [6.45, 7) is 8.03. The Balaban J connectivity index is 0.000000465. The molecule has 0 aliphatic carbocycles. The van der Waals surface area contributed by atoms with Crippen LogP contribution in [0.1, 0.15) is 37.3 Å². The van der Waals surface area contributed by atoms with E-state index in [1.165, 1.54) is 24.8 Å². The van der Waals surface area contributed by atoms with Gasteiger partial charge in [-0.3, -0.25) is 0 Å². The van der Waals surface area contributed by atoms with Crippen molar-refractivity contribution in [1.82, 2.24) is 0 Å². The van der Waals surface area contributed by atoms with Crippen molar-refractivity contribution in [2.75, 3.05) is 55.9 Å². The summed E-state index contributed by atoms with van der Waals surface area (Å²) in [5.41, 5.74) is 2.26. The zero-order chi connectivity index (χ0) is 25.1. The van der Waals surface area contributed by atoms with Crippen LogP contribution < -0.4 is 18.9 Å². The Bertz CT molecular complexity index is 747. The second-order valence-corrected chi connectivity index (χ2v) is 7.72. The van der Waals surface area contributed by atoms with E-state index in [2.05, 4.69) is 6.92 Å². The highest BCUT2D eigenvalue weighted by Crippen LogP contribution is 2.26. The van der Waals surface area contributed by atoms with Crippen LogP contribution in [0.3, 0.4) is 0 Å². The molecule has 0 saturated heterocycles. The maximum atomic E-state index is 5.09. The number of ether oxygens (including phenoxy) is 6. The predicted octanol–water partition coefficient (Wildman–Crippen LogP) is 6.11. The first kappa shape index (κ1) is 30.6. The SMILES string of the molecule is COCCCC(C)CCOC.COc1ccc(C)cc1OC.COc1ccc(OC)c(C)c1. The molecule has 0 spiro atoms. The molecular formula is C27H44O6. The molecule has 2 aromatic rings. The highest BCUT2D eigenvalue weighted by atomic mass is 16.5. The monoisotopic (exact) mass is 464 g/mol. The Labute approximate surface area is 201 Å². The zero-order valence-electron chi connectivity index (χ0n) is 22.0. The van der Waals surface area contributed by atoms with Crippen LogP contribution in [0.15, 0.2) is 36.4 Å². The van der Waals surface area contributed by atoms with E-state index < -0.39 is 0 Å². The molecule has 0 aromatic heterocycles. The minimum Gasteiger partial charge on any atom is -0.497 e. The van der Waals surface area contributed by atoms with Gasteiger partial charge >= 0.3 is 0 Å². The van der Waals surface area contributed by atoms with E-state index in [0.29, 0.717) is 0 Å². The first-order chi connectivity index (χ1) is 15.9. The van der Waals surface area contributed by atoms with Gasteiger partial charge in [-0.05, 0) is 80.5 Å². The van der Waals surface area contributed by atoms with E-state index in [-0.39, 0.29) is 0 Å². The minimum absolute atomic E-state index is 0.769. The van der Waals surface area contributed by atoms with E-state index in [1.54, 1.807) is 42.7 Å². The van der Waals surface area contributed by atoms with Crippen molar-refractivity contribution in [3.05, 3.63) is 47.5 Å². The maximum Gasteiger partial charge on any atom is 0.160 e. The van der Waals surface area contributed by atoms with E-state index in [9.17, 15) is 0 Å². The standard InChI is InChI=1S/2C9H12O2.C9H20O2/c1-7-6-8(10-2)4-5-9(7)11-3;1-7-4-5-8(10-2)9(6-7)11-3;1-9(6-8-11-3)5-4-7-10-2/h2*4-6H,1-3H3;9H,4-8H2,1-3H3. The van der Waals surface area contributed by atoms with Crippen molar-refractivity contribution < 1.29 is 28.4 Å². The van der Waals surface area contributed by atoms with E-state index >= 15 is 0 Å². The molecule has 0 heterocycles. The maximum absolute atomic E-state index is 5.09. The van der Waals surface area contributed by atoms with Gasteiger partial charge in [-0.1, -0.05) is 13.0 Å². The van der Waals surface area contributed by atoms with Crippen LogP contribution in [-0.4, -0.2) is 55.9 Å². The summed E-state index contributed by atoms with van der Waals surface area (Å²) in [6, 6.07) is 11.5. The van der Waals surface area contributed by atoms with Gasteiger partial charge in [-0.25, -0.2) is 0 Å². The highest BCUT2D eigenvalue weighted by molar-refractivity contribution is 5.42. The first-order valence-electron chi connectivity index (χ1n) is 11.2. The molecule has 0 radical (unpaired) electrons. The topological polar surface area (TPSA) is 55.4 Å². The average Bonchev–Trinajstić information content (AvgIpc) is 2.83. The molecule has 0 aliphatic heterocycles. The lowest BCUT2D eigenvalue weighted by molar-refractivity contribution is 0.165. The molecule has 0 bridgehead atoms.